The van der Waals surface area contributed by atoms with E-state index in [1.165, 1.54) is 9.87 Å². The number of hydrogen-bond donors (Lipinski definition) is 1. The van der Waals surface area contributed by atoms with Gasteiger partial charge in [0.2, 0.25) is 15.9 Å². The number of aryl methyl sites for hydroxylation is 1. The maximum Gasteiger partial charge on any atom is 0.243 e. The van der Waals surface area contributed by atoms with Gasteiger partial charge < -0.3 is 9.88 Å². The third-order valence-electron chi connectivity index (χ3n) is 6.13. The van der Waals surface area contributed by atoms with Crippen molar-refractivity contribution < 1.29 is 13.2 Å². The Balaban J connectivity index is 1.25. The van der Waals surface area contributed by atoms with Crippen LogP contribution in [0.3, 0.4) is 0 Å². The summed E-state index contributed by atoms with van der Waals surface area (Å²) in [4.78, 5) is 17.4. The molecule has 1 aliphatic rings. The average Bonchev–Trinajstić information content (AvgIpc) is 3.27. The molecule has 174 valence electrons. The third kappa shape index (κ3) is 5.69. The van der Waals surface area contributed by atoms with E-state index < -0.39 is 10.0 Å². The number of benzene rings is 2. The van der Waals surface area contributed by atoms with Gasteiger partial charge in [0.15, 0.2) is 0 Å². The molecule has 0 atom stereocenters. The summed E-state index contributed by atoms with van der Waals surface area (Å²) in [5.74, 6) is 0.750. The summed E-state index contributed by atoms with van der Waals surface area (Å²) in [6, 6.07) is 17.1. The molecule has 7 nitrogen and oxygen atoms in total. The van der Waals surface area contributed by atoms with Gasteiger partial charge in [0.1, 0.15) is 5.82 Å². The second-order valence-electron chi connectivity index (χ2n) is 8.49. The number of sulfonamides is 1. The Labute approximate surface area is 195 Å². The molecule has 0 saturated carbocycles. The highest BCUT2D eigenvalue weighted by Gasteiger charge is 2.31. The molecule has 3 aromatic rings. The van der Waals surface area contributed by atoms with Gasteiger partial charge in [-0.1, -0.05) is 48.0 Å². The van der Waals surface area contributed by atoms with E-state index in [4.69, 9.17) is 0 Å². The molecule has 0 unspecified atom stereocenters. The van der Waals surface area contributed by atoms with E-state index in [0.717, 1.165) is 17.9 Å². The fourth-order valence-electron chi connectivity index (χ4n) is 4.15. The second-order valence-corrected chi connectivity index (χ2v) is 10.4. The lowest BCUT2D eigenvalue weighted by molar-refractivity contribution is -0.126. The lowest BCUT2D eigenvalue weighted by atomic mass is 9.97. The first-order valence-electron chi connectivity index (χ1n) is 11.3. The van der Waals surface area contributed by atoms with Crippen LogP contribution in [0.5, 0.6) is 0 Å². The largest absolute Gasteiger partial charge is 0.355 e. The number of imidazole rings is 1. The minimum absolute atomic E-state index is 0.0106. The van der Waals surface area contributed by atoms with Crippen LogP contribution in [0.2, 0.25) is 0 Å². The third-order valence-corrected chi connectivity index (χ3v) is 8.04. The molecule has 4 rings (SSSR count). The molecule has 0 bridgehead atoms. The second kappa shape index (κ2) is 10.3. The Morgan fingerprint density at radius 2 is 1.76 bits per heavy atom. The molecule has 1 N–H and O–H groups in total. The first-order chi connectivity index (χ1) is 15.9. The van der Waals surface area contributed by atoms with E-state index in [1.54, 1.807) is 30.5 Å². The molecule has 0 aliphatic carbocycles. The minimum Gasteiger partial charge on any atom is -0.355 e. The number of carbonyl (C=O) groups is 1. The van der Waals surface area contributed by atoms with Crippen LogP contribution in [0.15, 0.2) is 71.9 Å². The van der Waals surface area contributed by atoms with Crippen molar-refractivity contribution in [2.45, 2.75) is 37.6 Å². The summed E-state index contributed by atoms with van der Waals surface area (Å²) in [5.41, 5.74) is 2.22. The van der Waals surface area contributed by atoms with Crippen LogP contribution in [-0.2, 0) is 27.8 Å². The standard InChI is InChI=1S/C25H30N4O3S/c1-20-7-9-23(10-8-20)33(31,32)29-16-12-22(13-17-29)25(30)27-14-11-24-26-15-18-28(24)19-21-5-3-2-4-6-21/h2-10,15,18,22H,11-14,16-17,19H2,1H3,(H,27,30). The summed E-state index contributed by atoms with van der Waals surface area (Å²) in [5, 5.41) is 3.01. The number of nitrogens with one attached hydrogen (secondary N) is 1. The van der Waals surface area contributed by atoms with Crippen LogP contribution in [-0.4, -0.2) is 47.8 Å². The van der Waals surface area contributed by atoms with Crippen LogP contribution >= 0.6 is 0 Å². The van der Waals surface area contributed by atoms with Crippen molar-refractivity contribution in [3.8, 4) is 0 Å². The predicted octanol–water partition coefficient (Wildman–Crippen LogP) is 3.00. The number of carbonyl (C=O) groups excluding carboxylic acids is 1. The molecule has 1 aromatic heterocycles. The molecule has 1 amide bonds. The van der Waals surface area contributed by atoms with Crippen molar-refractivity contribution >= 4 is 15.9 Å². The highest BCUT2D eigenvalue weighted by molar-refractivity contribution is 7.89. The quantitative estimate of drug-likeness (QED) is 0.553. The number of rotatable bonds is 8. The van der Waals surface area contributed by atoms with Gasteiger partial charge in [-0.25, -0.2) is 13.4 Å². The zero-order valence-corrected chi connectivity index (χ0v) is 19.7. The maximum atomic E-state index is 12.9. The summed E-state index contributed by atoms with van der Waals surface area (Å²) >= 11 is 0. The van der Waals surface area contributed by atoms with E-state index in [2.05, 4.69) is 27.0 Å². The van der Waals surface area contributed by atoms with Crippen LogP contribution in [0.25, 0.3) is 0 Å². The van der Waals surface area contributed by atoms with E-state index >= 15 is 0 Å². The predicted molar refractivity (Wildman–Crippen MR) is 127 cm³/mol. The molecule has 1 fully saturated rings. The monoisotopic (exact) mass is 466 g/mol. The molecule has 1 saturated heterocycles. The number of piperidine rings is 1. The van der Waals surface area contributed by atoms with Gasteiger partial charge in [-0.2, -0.15) is 4.31 Å². The normalized spacial score (nSPS) is 15.4. The maximum absolute atomic E-state index is 12.9. The van der Waals surface area contributed by atoms with Crippen LogP contribution in [0.4, 0.5) is 0 Å². The topological polar surface area (TPSA) is 84.3 Å². The van der Waals surface area contributed by atoms with E-state index in [0.29, 0.717) is 43.8 Å². The Hall–Kier alpha value is -2.97. The van der Waals surface area contributed by atoms with Crippen LogP contribution in [0.1, 0.15) is 29.8 Å². The van der Waals surface area contributed by atoms with Gasteiger partial charge in [0.25, 0.3) is 0 Å². The van der Waals surface area contributed by atoms with Crippen molar-refractivity contribution in [3.63, 3.8) is 0 Å². The summed E-state index contributed by atoms with van der Waals surface area (Å²) in [7, 11) is -3.51. The number of amides is 1. The molecule has 33 heavy (non-hydrogen) atoms. The fourth-order valence-corrected chi connectivity index (χ4v) is 5.62. The van der Waals surface area contributed by atoms with Crippen molar-refractivity contribution in [1.82, 2.24) is 19.2 Å². The number of nitrogens with zero attached hydrogens (tertiary/aromatic N) is 3. The SMILES string of the molecule is Cc1ccc(S(=O)(=O)N2CCC(C(=O)NCCc3nccn3Cc3ccccc3)CC2)cc1. The molecule has 8 heteroatoms. The van der Waals surface area contributed by atoms with Crippen molar-refractivity contribution in [2.24, 2.45) is 5.92 Å². The van der Waals surface area contributed by atoms with Crippen LogP contribution < -0.4 is 5.32 Å². The van der Waals surface area contributed by atoms with Gasteiger partial charge in [0, 0.05) is 50.9 Å². The van der Waals surface area contributed by atoms with Gasteiger partial charge in [-0.3, -0.25) is 4.79 Å². The Bertz CT molecular complexity index is 1170. The van der Waals surface area contributed by atoms with Gasteiger partial charge in [-0.15, -0.1) is 0 Å². The molecular formula is C25H30N4O3S. The Morgan fingerprint density at radius 3 is 2.45 bits per heavy atom. The smallest absolute Gasteiger partial charge is 0.243 e. The van der Waals surface area contributed by atoms with Crippen molar-refractivity contribution in [3.05, 3.63) is 83.9 Å². The van der Waals surface area contributed by atoms with E-state index in [-0.39, 0.29) is 11.8 Å². The molecule has 2 aromatic carbocycles. The van der Waals surface area contributed by atoms with Crippen LogP contribution in [0, 0.1) is 12.8 Å². The lowest BCUT2D eigenvalue weighted by Crippen LogP contribution is -2.43. The van der Waals surface area contributed by atoms with Crippen molar-refractivity contribution in [2.75, 3.05) is 19.6 Å². The lowest BCUT2D eigenvalue weighted by Gasteiger charge is -2.30. The number of hydrogen-bond acceptors (Lipinski definition) is 4. The summed E-state index contributed by atoms with van der Waals surface area (Å²) in [6.45, 7) is 3.90. The van der Waals surface area contributed by atoms with Crippen molar-refractivity contribution in [1.29, 1.82) is 0 Å². The zero-order valence-electron chi connectivity index (χ0n) is 18.9. The minimum atomic E-state index is -3.51. The molecular weight excluding hydrogens is 436 g/mol. The Kier molecular flexibility index (Phi) is 7.25. The Morgan fingerprint density at radius 1 is 1.06 bits per heavy atom. The van der Waals surface area contributed by atoms with Gasteiger partial charge in [-0.05, 0) is 37.5 Å². The number of aromatic nitrogens is 2. The highest BCUT2D eigenvalue weighted by Crippen LogP contribution is 2.24. The first-order valence-corrected chi connectivity index (χ1v) is 12.8. The van der Waals surface area contributed by atoms with E-state index in [1.807, 2.05) is 31.3 Å². The molecule has 1 aliphatic heterocycles. The first kappa shape index (κ1) is 23.2. The highest BCUT2D eigenvalue weighted by atomic mass is 32.2. The fraction of sp³-hybridized carbons (Fsp3) is 0.360. The molecule has 2 heterocycles. The average molecular weight is 467 g/mol. The van der Waals surface area contributed by atoms with Gasteiger partial charge in [0.05, 0.1) is 4.90 Å². The summed E-state index contributed by atoms with van der Waals surface area (Å²) in [6.07, 6.45) is 5.43. The molecule has 0 spiro atoms. The molecule has 0 radical (unpaired) electrons. The summed E-state index contributed by atoms with van der Waals surface area (Å²) < 4.78 is 29.3. The van der Waals surface area contributed by atoms with E-state index in [9.17, 15) is 13.2 Å². The van der Waals surface area contributed by atoms with Gasteiger partial charge >= 0.3 is 0 Å². The zero-order chi connectivity index (χ0) is 23.3.